The number of benzene rings is 2. The van der Waals surface area contributed by atoms with Crippen molar-refractivity contribution in [1.29, 1.82) is 0 Å². The zero-order chi connectivity index (χ0) is 16.5. The molecule has 0 heterocycles. The average Bonchev–Trinajstić information content (AvgIpc) is 2.60. The summed E-state index contributed by atoms with van der Waals surface area (Å²) in [6, 6.07) is 16.0. The third kappa shape index (κ3) is 5.33. The van der Waals surface area contributed by atoms with Crippen molar-refractivity contribution >= 4 is 11.6 Å². The normalized spacial score (nSPS) is 10.2. The lowest BCUT2D eigenvalue weighted by Gasteiger charge is -2.10. The summed E-state index contributed by atoms with van der Waals surface area (Å²) in [6.07, 6.45) is 1.47. The zero-order valence-electron chi connectivity index (χ0n) is 13.8. The fourth-order valence-electron chi connectivity index (χ4n) is 2.31. The summed E-state index contributed by atoms with van der Waals surface area (Å²) in [7, 11) is 1.63. The van der Waals surface area contributed by atoms with Gasteiger partial charge in [0.15, 0.2) is 0 Å². The average molecular weight is 312 g/mol. The molecule has 2 aromatic rings. The number of hydrogen-bond acceptors (Lipinski definition) is 3. The van der Waals surface area contributed by atoms with Crippen LogP contribution in [0.2, 0.25) is 0 Å². The van der Waals surface area contributed by atoms with E-state index in [1.165, 1.54) is 5.56 Å². The summed E-state index contributed by atoms with van der Waals surface area (Å²) in [6.45, 7) is 3.23. The lowest BCUT2D eigenvalue weighted by Crippen LogP contribution is -2.25. The molecule has 2 aromatic carbocycles. The van der Waals surface area contributed by atoms with Gasteiger partial charge in [-0.15, -0.1) is 0 Å². The first-order chi connectivity index (χ1) is 11.2. The molecule has 0 bridgehead atoms. The molecule has 4 nitrogen and oxygen atoms in total. The van der Waals surface area contributed by atoms with Crippen molar-refractivity contribution in [3.8, 4) is 5.75 Å². The number of anilines is 1. The predicted molar refractivity (Wildman–Crippen MR) is 93.8 cm³/mol. The van der Waals surface area contributed by atoms with Crippen LogP contribution in [-0.2, 0) is 17.8 Å². The van der Waals surface area contributed by atoms with Crippen LogP contribution in [-0.4, -0.2) is 19.6 Å². The largest absolute Gasteiger partial charge is 0.496 e. The number of aryl methyl sites for hydroxylation is 1. The van der Waals surface area contributed by atoms with Crippen molar-refractivity contribution in [3.05, 3.63) is 59.7 Å². The summed E-state index contributed by atoms with van der Waals surface area (Å²) >= 11 is 0. The quantitative estimate of drug-likeness (QED) is 0.785. The highest BCUT2D eigenvalue weighted by molar-refractivity contribution is 5.76. The van der Waals surface area contributed by atoms with Crippen molar-refractivity contribution in [2.45, 2.75) is 26.3 Å². The van der Waals surface area contributed by atoms with Crippen molar-refractivity contribution < 1.29 is 9.53 Å². The Morgan fingerprint density at radius 3 is 2.52 bits per heavy atom. The van der Waals surface area contributed by atoms with Gasteiger partial charge in [-0.3, -0.25) is 4.79 Å². The number of para-hydroxylation sites is 1. The van der Waals surface area contributed by atoms with Crippen molar-refractivity contribution in [3.63, 3.8) is 0 Å². The van der Waals surface area contributed by atoms with Crippen LogP contribution in [0.1, 0.15) is 24.5 Å². The predicted octanol–water partition coefficient (Wildman–Crippen LogP) is 3.38. The van der Waals surface area contributed by atoms with Gasteiger partial charge in [-0.2, -0.15) is 0 Å². The van der Waals surface area contributed by atoms with Crippen LogP contribution >= 0.6 is 0 Å². The van der Waals surface area contributed by atoms with Gasteiger partial charge in [0, 0.05) is 30.8 Å². The second-order valence-electron chi connectivity index (χ2n) is 5.32. The van der Waals surface area contributed by atoms with E-state index in [1.54, 1.807) is 7.11 Å². The van der Waals surface area contributed by atoms with E-state index in [1.807, 2.05) is 36.4 Å². The third-order valence-corrected chi connectivity index (χ3v) is 3.71. The van der Waals surface area contributed by atoms with Crippen molar-refractivity contribution in [1.82, 2.24) is 5.32 Å². The Morgan fingerprint density at radius 2 is 1.83 bits per heavy atom. The number of amides is 1. The Kier molecular flexibility index (Phi) is 6.48. The minimum absolute atomic E-state index is 0.0218. The van der Waals surface area contributed by atoms with Crippen molar-refractivity contribution in [2.75, 3.05) is 19.0 Å². The molecule has 0 fully saturated rings. The summed E-state index contributed by atoms with van der Waals surface area (Å²) in [4.78, 5) is 11.9. The molecular weight excluding hydrogens is 288 g/mol. The number of ether oxygens (including phenoxy) is 1. The molecule has 0 aliphatic rings. The lowest BCUT2D eigenvalue weighted by atomic mass is 10.1. The summed E-state index contributed by atoms with van der Waals surface area (Å²) in [5.41, 5.74) is 3.33. The minimum atomic E-state index is 0.0218. The Morgan fingerprint density at radius 1 is 1.09 bits per heavy atom. The minimum Gasteiger partial charge on any atom is -0.496 e. The molecule has 0 spiro atoms. The fraction of sp³-hybridized carbons (Fsp3) is 0.316. The Hall–Kier alpha value is -2.49. The molecule has 2 rings (SSSR count). The molecule has 0 aliphatic heterocycles. The van der Waals surface area contributed by atoms with E-state index >= 15 is 0 Å². The van der Waals surface area contributed by atoms with Gasteiger partial charge in [0.1, 0.15) is 5.75 Å². The number of carbonyl (C=O) groups excluding carboxylic acids is 1. The van der Waals surface area contributed by atoms with E-state index in [-0.39, 0.29) is 5.91 Å². The molecule has 0 saturated heterocycles. The van der Waals surface area contributed by atoms with Crippen LogP contribution in [0, 0.1) is 0 Å². The number of nitrogens with one attached hydrogen (secondary N) is 2. The van der Waals surface area contributed by atoms with Crippen LogP contribution in [0.4, 0.5) is 5.69 Å². The Bertz CT molecular complexity index is 624. The smallest absolute Gasteiger partial charge is 0.222 e. The summed E-state index contributed by atoms with van der Waals surface area (Å²) < 4.78 is 5.27. The maximum Gasteiger partial charge on any atom is 0.222 e. The van der Waals surface area contributed by atoms with Gasteiger partial charge in [0.05, 0.1) is 7.11 Å². The Labute approximate surface area is 137 Å². The van der Waals surface area contributed by atoms with E-state index in [4.69, 9.17) is 4.74 Å². The van der Waals surface area contributed by atoms with E-state index in [2.05, 4.69) is 29.7 Å². The molecular formula is C19H24N2O2. The van der Waals surface area contributed by atoms with Crippen LogP contribution < -0.4 is 15.4 Å². The molecule has 0 saturated carbocycles. The maximum absolute atomic E-state index is 11.9. The number of rotatable bonds is 8. The SMILES string of the molecule is CCc1ccc(NCCC(=O)NCc2ccccc2OC)cc1. The van der Waals surface area contributed by atoms with Crippen LogP contribution in [0.5, 0.6) is 5.75 Å². The molecule has 23 heavy (non-hydrogen) atoms. The van der Waals surface area contributed by atoms with E-state index in [0.29, 0.717) is 19.5 Å². The monoisotopic (exact) mass is 312 g/mol. The molecule has 1 amide bonds. The number of carbonyl (C=O) groups is 1. The number of hydrogen-bond donors (Lipinski definition) is 2. The topological polar surface area (TPSA) is 50.4 Å². The first kappa shape index (κ1) is 16.9. The molecule has 0 aromatic heterocycles. The fourth-order valence-corrected chi connectivity index (χ4v) is 2.31. The standard InChI is InChI=1S/C19H24N2O2/c1-3-15-8-10-17(11-9-15)20-13-12-19(22)21-14-16-6-4-5-7-18(16)23-2/h4-11,20H,3,12-14H2,1-2H3,(H,21,22). The zero-order valence-corrected chi connectivity index (χ0v) is 13.8. The highest BCUT2D eigenvalue weighted by atomic mass is 16.5. The van der Waals surface area contributed by atoms with Gasteiger partial charge in [-0.1, -0.05) is 37.3 Å². The van der Waals surface area contributed by atoms with Crippen LogP contribution in [0.25, 0.3) is 0 Å². The molecule has 0 unspecified atom stereocenters. The van der Waals surface area contributed by atoms with Gasteiger partial charge >= 0.3 is 0 Å². The van der Waals surface area contributed by atoms with E-state index < -0.39 is 0 Å². The highest BCUT2D eigenvalue weighted by Gasteiger charge is 2.05. The van der Waals surface area contributed by atoms with Crippen molar-refractivity contribution in [2.24, 2.45) is 0 Å². The number of methoxy groups -OCH3 is 1. The highest BCUT2D eigenvalue weighted by Crippen LogP contribution is 2.16. The third-order valence-electron chi connectivity index (χ3n) is 3.71. The van der Waals surface area contributed by atoms with E-state index in [9.17, 15) is 4.79 Å². The van der Waals surface area contributed by atoms with Crippen LogP contribution in [0.15, 0.2) is 48.5 Å². The van der Waals surface area contributed by atoms with Gasteiger partial charge in [-0.05, 0) is 30.2 Å². The second kappa shape index (κ2) is 8.83. The lowest BCUT2D eigenvalue weighted by molar-refractivity contribution is -0.121. The molecule has 4 heteroatoms. The second-order valence-corrected chi connectivity index (χ2v) is 5.32. The van der Waals surface area contributed by atoms with E-state index in [0.717, 1.165) is 23.4 Å². The van der Waals surface area contributed by atoms with Gasteiger partial charge in [-0.25, -0.2) is 0 Å². The van der Waals surface area contributed by atoms with Crippen LogP contribution in [0.3, 0.4) is 0 Å². The maximum atomic E-state index is 11.9. The van der Waals surface area contributed by atoms with Gasteiger partial charge in [0.25, 0.3) is 0 Å². The summed E-state index contributed by atoms with van der Waals surface area (Å²) in [5, 5.41) is 6.18. The first-order valence-corrected chi connectivity index (χ1v) is 7.94. The Balaban J connectivity index is 1.72. The first-order valence-electron chi connectivity index (χ1n) is 7.94. The molecule has 2 N–H and O–H groups in total. The molecule has 0 atom stereocenters. The molecule has 122 valence electrons. The van der Waals surface area contributed by atoms with Gasteiger partial charge in [0.2, 0.25) is 5.91 Å². The molecule has 0 radical (unpaired) electrons. The summed E-state index contributed by atoms with van der Waals surface area (Å²) in [5.74, 6) is 0.815. The van der Waals surface area contributed by atoms with Gasteiger partial charge < -0.3 is 15.4 Å². The molecule has 0 aliphatic carbocycles.